The largest absolute Gasteiger partial charge is 0.497 e. The summed E-state index contributed by atoms with van der Waals surface area (Å²) in [6, 6.07) is 8.67. The fourth-order valence-electron chi connectivity index (χ4n) is 2.80. The summed E-state index contributed by atoms with van der Waals surface area (Å²) in [5, 5.41) is 8.15. The molecule has 3 rings (SSSR count). The molecule has 0 radical (unpaired) electrons. The van der Waals surface area contributed by atoms with E-state index < -0.39 is 0 Å². The first-order chi connectivity index (χ1) is 15.0. The topological polar surface area (TPSA) is 100 Å². The number of amides is 1. The van der Waals surface area contributed by atoms with Crippen LogP contribution in [0.25, 0.3) is 0 Å². The Morgan fingerprint density at radius 2 is 1.55 bits per heavy atom. The molecule has 9 nitrogen and oxygen atoms in total. The molecule has 31 heavy (non-hydrogen) atoms. The van der Waals surface area contributed by atoms with E-state index in [0.29, 0.717) is 45.3 Å². The van der Waals surface area contributed by atoms with Crippen LogP contribution in [0, 0.1) is 0 Å². The summed E-state index contributed by atoms with van der Waals surface area (Å²) in [6.07, 6.45) is 0. The zero-order valence-electron chi connectivity index (χ0n) is 17.8. The molecule has 0 aliphatic heterocycles. The van der Waals surface area contributed by atoms with Gasteiger partial charge in [-0.15, -0.1) is 11.3 Å². The number of nitrogens with one attached hydrogen (secondary N) is 2. The summed E-state index contributed by atoms with van der Waals surface area (Å²) < 4.78 is 26.5. The summed E-state index contributed by atoms with van der Waals surface area (Å²) in [5.41, 5.74) is 1.45. The van der Waals surface area contributed by atoms with Gasteiger partial charge in [0.15, 0.2) is 16.6 Å². The van der Waals surface area contributed by atoms with E-state index in [9.17, 15) is 4.79 Å². The normalized spacial score (nSPS) is 10.2. The van der Waals surface area contributed by atoms with E-state index in [1.54, 1.807) is 43.9 Å². The number of aromatic nitrogens is 1. The van der Waals surface area contributed by atoms with Gasteiger partial charge in [0.05, 0.1) is 41.2 Å². The van der Waals surface area contributed by atoms with Gasteiger partial charge in [0.2, 0.25) is 5.75 Å². The first-order valence-corrected chi connectivity index (χ1v) is 9.96. The van der Waals surface area contributed by atoms with Gasteiger partial charge in [-0.2, -0.15) is 0 Å². The maximum absolute atomic E-state index is 12.7. The minimum absolute atomic E-state index is 0.258. The van der Waals surface area contributed by atoms with Crippen molar-refractivity contribution in [3.05, 3.63) is 41.4 Å². The second-order valence-corrected chi connectivity index (χ2v) is 6.96. The van der Waals surface area contributed by atoms with Gasteiger partial charge in [-0.05, 0) is 12.1 Å². The van der Waals surface area contributed by atoms with Gasteiger partial charge < -0.3 is 34.3 Å². The van der Waals surface area contributed by atoms with E-state index in [-0.39, 0.29) is 11.6 Å². The van der Waals surface area contributed by atoms with E-state index in [4.69, 9.17) is 23.7 Å². The SMILES string of the molecule is COc1ccc(Nc2nc(C(=O)Nc3cc(OC)c(OC)c(OC)c3)cs2)c(OC)c1. The average molecular weight is 445 g/mol. The number of thiazole rings is 1. The van der Waals surface area contributed by atoms with Gasteiger partial charge >= 0.3 is 0 Å². The van der Waals surface area contributed by atoms with Crippen molar-refractivity contribution < 1.29 is 28.5 Å². The quantitative estimate of drug-likeness (QED) is 0.506. The van der Waals surface area contributed by atoms with Crippen LogP contribution in [0.4, 0.5) is 16.5 Å². The molecule has 0 saturated heterocycles. The van der Waals surface area contributed by atoms with Gasteiger partial charge in [-0.1, -0.05) is 0 Å². The molecule has 0 fully saturated rings. The Kier molecular flexibility index (Phi) is 7.03. The Morgan fingerprint density at radius 1 is 0.871 bits per heavy atom. The molecular formula is C21H23N3O6S. The van der Waals surface area contributed by atoms with Crippen molar-refractivity contribution in [2.24, 2.45) is 0 Å². The molecule has 2 N–H and O–H groups in total. The monoisotopic (exact) mass is 445 g/mol. The molecule has 10 heteroatoms. The Balaban J connectivity index is 1.77. The van der Waals surface area contributed by atoms with E-state index in [1.807, 2.05) is 6.07 Å². The third kappa shape index (κ3) is 4.92. The van der Waals surface area contributed by atoms with Crippen LogP contribution in [0.15, 0.2) is 35.7 Å². The van der Waals surface area contributed by atoms with Crippen molar-refractivity contribution in [3.8, 4) is 28.7 Å². The van der Waals surface area contributed by atoms with Crippen LogP contribution in [0.2, 0.25) is 0 Å². The zero-order chi connectivity index (χ0) is 22.4. The van der Waals surface area contributed by atoms with Crippen LogP contribution < -0.4 is 34.3 Å². The summed E-state index contributed by atoms with van der Waals surface area (Å²) in [7, 11) is 7.68. The Bertz CT molecular complexity index is 1040. The molecular weight excluding hydrogens is 422 g/mol. The highest BCUT2D eigenvalue weighted by molar-refractivity contribution is 7.14. The molecule has 1 aromatic heterocycles. The lowest BCUT2D eigenvalue weighted by atomic mass is 10.2. The number of ether oxygens (including phenoxy) is 5. The van der Waals surface area contributed by atoms with Gasteiger partial charge in [0.25, 0.3) is 5.91 Å². The molecule has 3 aromatic rings. The number of rotatable bonds is 9. The molecule has 0 atom stereocenters. The molecule has 2 aromatic carbocycles. The van der Waals surface area contributed by atoms with E-state index in [1.165, 1.54) is 32.7 Å². The summed E-state index contributed by atoms with van der Waals surface area (Å²) in [4.78, 5) is 17.1. The average Bonchev–Trinajstić information content (AvgIpc) is 3.27. The van der Waals surface area contributed by atoms with E-state index in [0.717, 1.165) is 0 Å². The number of anilines is 3. The molecule has 0 bridgehead atoms. The number of benzene rings is 2. The minimum Gasteiger partial charge on any atom is -0.497 e. The first-order valence-electron chi connectivity index (χ1n) is 9.08. The lowest BCUT2D eigenvalue weighted by Gasteiger charge is -2.14. The minimum atomic E-state index is -0.375. The van der Waals surface area contributed by atoms with Crippen LogP contribution in [0.3, 0.4) is 0 Å². The Hall–Kier alpha value is -3.66. The Morgan fingerprint density at radius 3 is 2.13 bits per heavy atom. The fraction of sp³-hybridized carbons (Fsp3) is 0.238. The smallest absolute Gasteiger partial charge is 0.275 e. The summed E-state index contributed by atoms with van der Waals surface area (Å²) in [5.74, 6) is 2.20. The van der Waals surface area contributed by atoms with Crippen molar-refractivity contribution in [1.82, 2.24) is 4.98 Å². The van der Waals surface area contributed by atoms with Gasteiger partial charge in [-0.25, -0.2) is 4.98 Å². The van der Waals surface area contributed by atoms with Crippen molar-refractivity contribution >= 4 is 33.8 Å². The standard InChI is InChI=1S/C21H23N3O6S/c1-26-13-6-7-14(16(10-13)27-2)23-21-24-15(11-31-21)20(25)22-12-8-17(28-3)19(30-5)18(9-12)29-4/h6-11H,1-5H3,(H,22,25)(H,23,24). The van der Waals surface area contributed by atoms with Crippen molar-refractivity contribution in [1.29, 1.82) is 0 Å². The maximum atomic E-state index is 12.7. The lowest BCUT2D eigenvalue weighted by molar-refractivity contribution is 0.102. The van der Waals surface area contributed by atoms with E-state index in [2.05, 4.69) is 15.6 Å². The van der Waals surface area contributed by atoms with Gasteiger partial charge in [0.1, 0.15) is 17.2 Å². The van der Waals surface area contributed by atoms with Gasteiger partial charge in [0, 0.05) is 29.3 Å². The van der Waals surface area contributed by atoms with Gasteiger partial charge in [-0.3, -0.25) is 4.79 Å². The highest BCUT2D eigenvalue weighted by Crippen LogP contribution is 2.40. The first kappa shape index (κ1) is 22.0. The second kappa shape index (κ2) is 9.90. The molecule has 0 unspecified atom stereocenters. The number of carbonyl (C=O) groups is 1. The maximum Gasteiger partial charge on any atom is 0.275 e. The number of hydrogen-bond donors (Lipinski definition) is 2. The number of methoxy groups -OCH3 is 5. The fourth-order valence-corrected chi connectivity index (χ4v) is 3.50. The number of carbonyl (C=O) groups excluding carboxylic acids is 1. The highest BCUT2D eigenvalue weighted by Gasteiger charge is 2.17. The zero-order valence-corrected chi connectivity index (χ0v) is 18.6. The van der Waals surface area contributed by atoms with Crippen LogP contribution in [0.1, 0.15) is 10.5 Å². The highest BCUT2D eigenvalue weighted by atomic mass is 32.1. The molecule has 164 valence electrons. The predicted octanol–water partition coefficient (Wildman–Crippen LogP) is 4.18. The predicted molar refractivity (Wildman–Crippen MR) is 119 cm³/mol. The van der Waals surface area contributed by atoms with Crippen LogP contribution in [0.5, 0.6) is 28.7 Å². The second-order valence-electron chi connectivity index (χ2n) is 6.10. The molecule has 1 amide bonds. The molecule has 0 spiro atoms. The van der Waals surface area contributed by atoms with Crippen molar-refractivity contribution in [2.45, 2.75) is 0 Å². The summed E-state index contributed by atoms with van der Waals surface area (Å²) >= 11 is 1.29. The lowest BCUT2D eigenvalue weighted by Crippen LogP contribution is -2.12. The van der Waals surface area contributed by atoms with Crippen LogP contribution >= 0.6 is 11.3 Å². The van der Waals surface area contributed by atoms with Crippen LogP contribution in [-0.2, 0) is 0 Å². The third-order valence-corrected chi connectivity index (χ3v) is 5.07. The molecule has 0 saturated carbocycles. The Labute approximate surface area is 183 Å². The van der Waals surface area contributed by atoms with Crippen LogP contribution in [-0.4, -0.2) is 46.4 Å². The number of nitrogens with zero attached hydrogens (tertiary/aromatic N) is 1. The molecule has 0 aliphatic carbocycles. The summed E-state index contributed by atoms with van der Waals surface area (Å²) in [6.45, 7) is 0. The van der Waals surface area contributed by atoms with Crippen molar-refractivity contribution in [3.63, 3.8) is 0 Å². The third-order valence-electron chi connectivity index (χ3n) is 4.31. The van der Waals surface area contributed by atoms with Crippen molar-refractivity contribution in [2.75, 3.05) is 46.2 Å². The molecule has 0 aliphatic rings. The number of hydrogen-bond acceptors (Lipinski definition) is 9. The molecule has 1 heterocycles. The van der Waals surface area contributed by atoms with E-state index >= 15 is 0 Å².